The molecule has 0 aliphatic rings. The molecule has 0 fully saturated rings. The van der Waals surface area contributed by atoms with Gasteiger partial charge in [-0.1, -0.05) is 0 Å². The highest BCUT2D eigenvalue weighted by Gasteiger charge is 2.12. The predicted molar refractivity (Wildman–Crippen MR) is 85.6 cm³/mol. The summed E-state index contributed by atoms with van der Waals surface area (Å²) in [5.74, 6) is -0.336. The molecule has 0 aliphatic carbocycles. The van der Waals surface area contributed by atoms with Crippen molar-refractivity contribution in [1.29, 1.82) is 0 Å². The summed E-state index contributed by atoms with van der Waals surface area (Å²) in [7, 11) is 3.01. The molecule has 2 aromatic rings. The normalized spacial score (nSPS) is 10.0. The lowest BCUT2D eigenvalue weighted by Crippen LogP contribution is -2.13. The molecular formula is C17H17NO5. The highest BCUT2D eigenvalue weighted by molar-refractivity contribution is 6.05. The van der Waals surface area contributed by atoms with Gasteiger partial charge in [0.1, 0.15) is 11.5 Å². The van der Waals surface area contributed by atoms with Crippen LogP contribution in [0.15, 0.2) is 36.4 Å². The first kappa shape index (κ1) is 16.4. The minimum Gasteiger partial charge on any atom is -0.497 e. The van der Waals surface area contributed by atoms with Gasteiger partial charge in [0.2, 0.25) is 0 Å². The standard InChI is InChI=1S/C17H17NO5/c1-10-6-11(17(20)21)4-5-15(10)18-16(19)12-7-13(22-2)9-14(8-12)23-3/h4-9H,1-3H3,(H,18,19)(H,20,21). The average Bonchev–Trinajstić information content (AvgIpc) is 2.55. The summed E-state index contributed by atoms with van der Waals surface area (Å²) in [5, 5.41) is 11.7. The number of benzene rings is 2. The molecule has 0 spiro atoms. The van der Waals surface area contributed by atoms with Crippen LogP contribution in [0.25, 0.3) is 0 Å². The number of carboxylic acid groups (broad SMARTS) is 1. The van der Waals surface area contributed by atoms with Crippen LogP contribution in [0.4, 0.5) is 5.69 Å². The second-order valence-electron chi connectivity index (χ2n) is 4.89. The molecule has 0 aromatic heterocycles. The summed E-state index contributed by atoms with van der Waals surface area (Å²) in [6, 6.07) is 9.37. The third-order valence-electron chi connectivity index (χ3n) is 3.34. The summed E-state index contributed by atoms with van der Waals surface area (Å²) in [6.45, 7) is 1.73. The van der Waals surface area contributed by atoms with Crippen LogP contribution in [-0.2, 0) is 0 Å². The average molecular weight is 315 g/mol. The minimum absolute atomic E-state index is 0.170. The zero-order valence-corrected chi connectivity index (χ0v) is 13.0. The fourth-order valence-electron chi connectivity index (χ4n) is 2.07. The Kier molecular flexibility index (Phi) is 4.85. The van der Waals surface area contributed by atoms with Crippen molar-refractivity contribution in [2.24, 2.45) is 0 Å². The number of aromatic carboxylic acids is 1. The smallest absolute Gasteiger partial charge is 0.335 e. The highest BCUT2D eigenvalue weighted by atomic mass is 16.5. The molecule has 0 radical (unpaired) electrons. The predicted octanol–water partition coefficient (Wildman–Crippen LogP) is 2.96. The molecule has 0 unspecified atom stereocenters. The number of aryl methyl sites for hydroxylation is 1. The molecule has 0 atom stereocenters. The Balaban J connectivity index is 2.27. The Labute approximate surface area is 133 Å². The number of carboxylic acids is 1. The molecular weight excluding hydrogens is 298 g/mol. The van der Waals surface area contributed by atoms with Gasteiger partial charge < -0.3 is 19.9 Å². The second kappa shape index (κ2) is 6.83. The van der Waals surface area contributed by atoms with Crippen LogP contribution >= 0.6 is 0 Å². The lowest BCUT2D eigenvalue weighted by atomic mass is 10.1. The number of ether oxygens (including phenoxy) is 2. The van der Waals surface area contributed by atoms with Crippen LogP contribution in [0.5, 0.6) is 11.5 Å². The van der Waals surface area contributed by atoms with E-state index in [0.29, 0.717) is 28.3 Å². The Hall–Kier alpha value is -3.02. The third-order valence-corrected chi connectivity index (χ3v) is 3.34. The van der Waals surface area contributed by atoms with Gasteiger partial charge in [0.15, 0.2) is 0 Å². The molecule has 120 valence electrons. The van der Waals surface area contributed by atoms with E-state index in [2.05, 4.69) is 5.32 Å². The highest BCUT2D eigenvalue weighted by Crippen LogP contribution is 2.24. The van der Waals surface area contributed by atoms with Gasteiger partial charge in [-0.2, -0.15) is 0 Å². The lowest BCUT2D eigenvalue weighted by Gasteiger charge is -2.11. The number of hydrogen-bond donors (Lipinski definition) is 2. The largest absolute Gasteiger partial charge is 0.497 e. The van der Waals surface area contributed by atoms with E-state index in [0.717, 1.165) is 0 Å². The maximum Gasteiger partial charge on any atom is 0.335 e. The lowest BCUT2D eigenvalue weighted by molar-refractivity contribution is 0.0696. The summed E-state index contributed by atoms with van der Waals surface area (Å²) in [4.78, 5) is 23.3. The van der Waals surface area contributed by atoms with Gasteiger partial charge in [-0.25, -0.2) is 4.79 Å². The van der Waals surface area contributed by atoms with Crippen LogP contribution in [0.2, 0.25) is 0 Å². The number of anilines is 1. The van der Waals surface area contributed by atoms with Crippen molar-refractivity contribution in [2.45, 2.75) is 6.92 Å². The van der Waals surface area contributed by atoms with E-state index in [1.165, 1.54) is 26.4 Å². The van der Waals surface area contributed by atoms with Gasteiger partial charge >= 0.3 is 5.97 Å². The molecule has 2 rings (SSSR count). The Morgan fingerprint density at radius 3 is 2.04 bits per heavy atom. The van der Waals surface area contributed by atoms with Gasteiger partial charge in [-0.15, -0.1) is 0 Å². The Morgan fingerprint density at radius 2 is 1.57 bits per heavy atom. The number of hydrogen-bond acceptors (Lipinski definition) is 4. The molecule has 6 nitrogen and oxygen atoms in total. The van der Waals surface area contributed by atoms with Gasteiger partial charge in [0, 0.05) is 17.3 Å². The van der Waals surface area contributed by atoms with E-state index in [1.807, 2.05) is 0 Å². The second-order valence-corrected chi connectivity index (χ2v) is 4.89. The Morgan fingerprint density at radius 1 is 0.957 bits per heavy atom. The van der Waals surface area contributed by atoms with Crippen molar-refractivity contribution in [2.75, 3.05) is 19.5 Å². The van der Waals surface area contributed by atoms with Gasteiger partial charge in [-0.3, -0.25) is 4.79 Å². The van der Waals surface area contributed by atoms with Crippen molar-refractivity contribution in [3.8, 4) is 11.5 Å². The van der Waals surface area contributed by atoms with Crippen LogP contribution in [-0.4, -0.2) is 31.2 Å². The third kappa shape index (κ3) is 3.79. The number of carbonyl (C=O) groups excluding carboxylic acids is 1. The molecule has 23 heavy (non-hydrogen) atoms. The van der Waals surface area contributed by atoms with E-state index in [4.69, 9.17) is 14.6 Å². The van der Waals surface area contributed by atoms with E-state index < -0.39 is 5.97 Å². The maximum atomic E-state index is 12.4. The molecule has 0 bridgehead atoms. The fraction of sp³-hybridized carbons (Fsp3) is 0.176. The Bertz CT molecular complexity index is 732. The van der Waals surface area contributed by atoms with Crippen molar-refractivity contribution in [3.63, 3.8) is 0 Å². The topological polar surface area (TPSA) is 84.9 Å². The number of carbonyl (C=O) groups is 2. The molecule has 6 heteroatoms. The van der Waals surface area contributed by atoms with Crippen molar-refractivity contribution in [3.05, 3.63) is 53.1 Å². The first-order chi connectivity index (χ1) is 10.9. The zero-order chi connectivity index (χ0) is 17.0. The number of methoxy groups -OCH3 is 2. The zero-order valence-electron chi connectivity index (χ0n) is 13.0. The van der Waals surface area contributed by atoms with Crippen LogP contribution < -0.4 is 14.8 Å². The summed E-state index contributed by atoms with van der Waals surface area (Å²) in [6.07, 6.45) is 0. The van der Waals surface area contributed by atoms with Gasteiger partial charge in [0.05, 0.1) is 19.8 Å². The first-order valence-electron chi connectivity index (χ1n) is 6.83. The van der Waals surface area contributed by atoms with E-state index >= 15 is 0 Å². The van der Waals surface area contributed by atoms with Gasteiger partial charge in [0.25, 0.3) is 5.91 Å². The first-order valence-corrected chi connectivity index (χ1v) is 6.83. The fourth-order valence-corrected chi connectivity index (χ4v) is 2.07. The van der Waals surface area contributed by atoms with Crippen LogP contribution in [0.3, 0.4) is 0 Å². The van der Waals surface area contributed by atoms with E-state index in [9.17, 15) is 9.59 Å². The molecule has 0 aliphatic heterocycles. The van der Waals surface area contributed by atoms with E-state index in [-0.39, 0.29) is 11.5 Å². The monoisotopic (exact) mass is 315 g/mol. The van der Waals surface area contributed by atoms with Crippen LogP contribution in [0, 0.1) is 6.92 Å². The summed E-state index contributed by atoms with van der Waals surface area (Å²) < 4.78 is 10.3. The van der Waals surface area contributed by atoms with Crippen molar-refractivity contribution in [1.82, 2.24) is 0 Å². The quantitative estimate of drug-likeness (QED) is 0.886. The van der Waals surface area contributed by atoms with Gasteiger partial charge in [-0.05, 0) is 42.8 Å². The van der Waals surface area contributed by atoms with Crippen molar-refractivity contribution >= 4 is 17.6 Å². The molecule has 0 saturated heterocycles. The molecule has 2 N–H and O–H groups in total. The SMILES string of the molecule is COc1cc(OC)cc(C(=O)Nc2ccc(C(=O)O)cc2C)c1. The molecule has 0 saturated carbocycles. The van der Waals surface area contributed by atoms with E-state index in [1.54, 1.807) is 31.2 Å². The van der Waals surface area contributed by atoms with Crippen molar-refractivity contribution < 1.29 is 24.2 Å². The summed E-state index contributed by atoms with van der Waals surface area (Å²) in [5.41, 5.74) is 1.75. The minimum atomic E-state index is -1.01. The number of rotatable bonds is 5. The number of nitrogens with one attached hydrogen (secondary N) is 1. The summed E-state index contributed by atoms with van der Waals surface area (Å²) >= 11 is 0. The molecule has 1 amide bonds. The molecule has 2 aromatic carbocycles. The number of amides is 1. The molecule has 0 heterocycles. The maximum absolute atomic E-state index is 12.4. The van der Waals surface area contributed by atoms with Crippen LogP contribution in [0.1, 0.15) is 26.3 Å².